The summed E-state index contributed by atoms with van der Waals surface area (Å²) in [7, 11) is 0. The molecule has 0 saturated carbocycles. The first-order valence-electron chi connectivity index (χ1n) is 10.8. The van der Waals surface area contributed by atoms with Gasteiger partial charge in [-0.15, -0.1) is 11.3 Å². The Morgan fingerprint density at radius 1 is 1.18 bits per heavy atom. The number of aromatic nitrogens is 1. The molecule has 2 nitrogen and oxygen atoms in total. The molecule has 1 aliphatic carbocycles. The summed E-state index contributed by atoms with van der Waals surface area (Å²) in [5, 5.41) is 2.10. The van der Waals surface area contributed by atoms with E-state index in [2.05, 4.69) is 61.9 Å². The highest BCUT2D eigenvalue weighted by atomic mass is 32.1. The van der Waals surface area contributed by atoms with E-state index in [1.165, 1.54) is 29.0 Å². The minimum Gasteiger partial charge on any atom is -0.348 e. The first kappa shape index (κ1) is 20.9. The number of nitrogens with zero attached hydrogens (tertiary/aromatic N) is 1. The summed E-state index contributed by atoms with van der Waals surface area (Å²) in [6.07, 6.45) is 14.1. The number of fused-ring (bicyclic) bond motifs is 1. The zero-order valence-electron chi connectivity index (χ0n) is 17.8. The smallest absolute Gasteiger partial charge is 0.195 e. The standard InChI is InChI=1S/C25H33NOS/c1-5-7-8-11-21(17-20-14-16-28-19(20)4)25(27)24-18(3)26(15-6-2)23-13-10-9-12-22(23)24/h8,11,14,16-17H,5-7,9-10,12-13,15H2,1-4H3/b11-8-,21-17+. The van der Waals surface area contributed by atoms with Crippen LogP contribution in [0.2, 0.25) is 0 Å². The second-order valence-corrected chi connectivity index (χ2v) is 8.92. The van der Waals surface area contributed by atoms with Gasteiger partial charge in [0.2, 0.25) is 0 Å². The van der Waals surface area contributed by atoms with Crippen LogP contribution < -0.4 is 0 Å². The average molecular weight is 396 g/mol. The van der Waals surface area contributed by atoms with E-state index < -0.39 is 0 Å². The number of hydrogen-bond acceptors (Lipinski definition) is 2. The van der Waals surface area contributed by atoms with Crippen molar-refractivity contribution >= 4 is 23.2 Å². The fourth-order valence-electron chi connectivity index (χ4n) is 4.26. The van der Waals surface area contributed by atoms with E-state index in [9.17, 15) is 4.79 Å². The fraction of sp³-hybridized carbons (Fsp3) is 0.480. The van der Waals surface area contributed by atoms with E-state index in [1.54, 1.807) is 11.3 Å². The first-order valence-corrected chi connectivity index (χ1v) is 11.6. The van der Waals surface area contributed by atoms with Gasteiger partial charge in [-0.2, -0.15) is 0 Å². The number of carbonyl (C=O) groups is 1. The molecule has 2 aromatic heterocycles. The highest BCUT2D eigenvalue weighted by molar-refractivity contribution is 7.10. The Hall–Kier alpha value is -1.87. The lowest BCUT2D eigenvalue weighted by atomic mass is 9.90. The molecule has 2 heterocycles. The molecule has 0 aliphatic heterocycles. The quantitative estimate of drug-likeness (QED) is 0.266. The van der Waals surface area contributed by atoms with E-state index in [1.807, 2.05) is 0 Å². The van der Waals surface area contributed by atoms with Crippen molar-refractivity contribution in [2.75, 3.05) is 0 Å². The van der Waals surface area contributed by atoms with Gasteiger partial charge in [-0.05, 0) is 81.0 Å². The second kappa shape index (κ2) is 9.56. The summed E-state index contributed by atoms with van der Waals surface area (Å²) in [4.78, 5) is 15.0. The van der Waals surface area contributed by atoms with E-state index in [0.717, 1.165) is 61.0 Å². The number of unbranched alkanes of at least 4 members (excludes halogenated alkanes) is 1. The Balaban J connectivity index is 2.08. The normalized spacial score (nSPS) is 14.6. The summed E-state index contributed by atoms with van der Waals surface area (Å²) < 4.78 is 2.42. The molecule has 0 fully saturated rings. The van der Waals surface area contributed by atoms with Crippen molar-refractivity contribution in [3.63, 3.8) is 0 Å². The average Bonchev–Trinajstić information content (AvgIpc) is 3.22. The number of carbonyl (C=O) groups excluding carboxylic acids is 1. The van der Waals surface area contributed by atoms with Crippen molar-refractivity contribution in [3.05, 3.63) is 62.1 Å². The van der Waals surface area contributed by atoms with Crippen LogP contribution in [-0.2, 0) is 19.4 Å². The van der Waals surface area contributed by atoms with Gasteiger partial charge in [-0.1, -0.05) is 32.4 Å². The Bertz CT molecular complexity index is 894. The topological polar surface area (TPSA) is 22.0 Å². The third kappa shape index (κ3) is 4.25. The third-order valence-corrected chi connectivity index (χ3v) is 6.59. The molecule has 0 amide bonds. The van der Waals surface area contributed by atoms with E-state index in [-0.39, 0.29) is 5.78 Å². The predicted molar refractivity (Wildman–Crippen MR) is 122 cm³/mol. The van der Waals surface area contributed by atoms with Crippen molar-refractivity contribution in [2.45, 2.75) is 79.2 Å². The maximum absolute atomic E-state index is 13.8. The largest absolute Gasteiger partial charge is 0.348 e. The number of aryl methyl sites for hydroxylation is 1. The van der Waals surface area contributed by atoms with Gasteiger partial charge in [0.25, 0.3) is 0 Å². The molecule has 2 aromatic rings. The molecule has 0 N–H and O–H groups in total. The molecule has 0 bridgehead atoms. The van der Waals surface area contributed by atoms with E-state index >= 15 is 0 Å². The zero-order valence-corrected chi connectivity index (χ0v) is 18.6. The third-order valence-electron chi connectivity index (χ3n) is 5.73. The lowest BCUT2D eigenvalue weighted by Crippen LogP contribution is -2.09. The Kier molecular flexibility index (Phi) is 7.12. The summed E-state index contributed by atoms with van der Waals surface area (Å²) in [6.45, 7) is 9.66. The van der Waals surface area contributed by atoms with Crippen LogP contribution in [0.5, 0.6) is 0 Å². The second-order valence-electron chi connectivity index (χ2n) is 7.80. The number of hydrogen-bond donors (Lipinski definition) is 0. The van der Waals surface area contributed by atoms with Crippen molar-refractivity contribution < 1.29 is 4.79 Å². The first-order chi connectivity index (χ1) is 13.6. The summed E-state index contributed by atoms with van der Waals surface area (Å²) >= 11 is 1.73. The number of Topliss-reactive ketones (excluding diaryl/α,β-unsaturated/α-hetero) is 1. The molecule has 1 aliphatic rings. The van der Waals surface area contributed by atoms with E-state index in [4.69, 9.17) is 0 Å². The molecule has 3 heteroatoms. The number of allylic oxidation sites excluding steroid dienone is 3. The van der Waals surface area contributed by atoms with Crippen molar-refractivity contribution in [3.8, 4) is 0 Å². The fourth-order valence-corrected chi connectivity index (χ4v) is 4.94. The molecule has 0 unspecified atom stereocenters. The molecular weight excluding hydrogens is 362 g/mol. The Labute approximate surface area is 174 Å². The van der Waals surface area contributed by atoms with Gasteiger partial charge in [-0.3, -0.25) is 4.79 Å². The van der Waals surface area contributed by atoms with Crippen LogP contribution in [0.3, 0.4) is 0 Å². The molecule has 0 radical (unpaired) electrons. The number of thiophene rings is 1. The zero-order chi connectivity index (χ0) is 20.1. The van der Waals surface area contributed by atoms with Gasteiger partial charge in [-0.25, -0.2) is 0 Å². The van der Waals surface area contributed by atoms with Gasteiger partial charge >= 0.3 is 0 Å². The molecule has 0 saturated heterocycles. The summed E-state index contributed by atoms with van der Waals surface area (Å²) in [5.74, 6) is 0.198. The van der Waals surface area contributed by atoms with Crippen LogP contribution in [0.4, 0.5) is 0 Å². The van der Waals surface area contributed by atoms with Crippen LogP contribution in [0.15, 0.2) is 29.2 Å². The minimum atomic E-state index is 0.198. The van der Waals surface area contributed by atoms with Crippen LogP contribution in [0, 0.1) is 13.8 Å². The van der Waals surface area contributed by atoms with Crippen LogP contribution >= 0.6 is 11.3 Å². The lowest BCUT2D eigenvalue weighted by Gasteiger charge is -2.16. The molecule has 28 heavy (non-hydrogen) atoms. The van der Waals surface area contributed by atoms with Gasteiger partial charge < -0.3 is 4.57 Å². The number of rotatable bonds is 8. The highest BCUT2D eigenvalue weighted by Crippen LogP contribution is 2.32. The van der Waals surface area contributed by atoms with Crippen molar-refractivity contribution in [1.82, 2.24) is 4.57 Å². The predicted octanol–water partition coefficient (Wildman–Crippen LogP) is 7.08. The van der Waals surface area contributed by atoms with Gasteiger partial charge in [0.05, 0.1) is 0 Å². The Morgan fingerprint density at radius 2 is 1.96 bits per heavy atom. The van der Waals surface area contributed by atoms with Gasteiger partial charge in [0.15, 0.2) is 5.78 Å². The summed E-state index contributed by atoms with van der Waals surface area (Å²) in [6, 6.07) is 2.12. The molecule has 0 atom stereocenters. The van der Waals surface area contributed by atoms with Crippen molar-refractivity contribution in [2.24, 2.45) is 0 Å². The Morgan fingerprint density at radius 3 is 2.64 bits per heavy atom. The van der Waals surface area contributed by atoms with E-state index in [0.29, 0.717) is 0 Å². The van der Waals surface area contributed by atoms with Crippen LogP contribution in [0.25, 0.3) is 6.08 Å². The number of ketones is 1. The van der Waals surface area contributed by atoms with Crippen LogP contribution in [-0.4, -0.2) is 10.4 Å². The monoisotopic (exact) mass is 395 g/mol. The molecular formula is C25H33NOS. The molecule has 0 aromatic carbocycles. The maximum atomic E-state index is 13.8. The molecule has 0 spiro atoms. The van der Waals surface area contributed by atoms with Crippen LogP contribution in [0.1, 0.15) is 83.7 Å². The SMILES string of the molecule is CCC/C=C\C(=C/c1ccsc1C)C(=O)c1c2c(n(CCC)c1C)CCCC2. The molecule has 150 valence electrons. The van der Waals surface area contributed by atoms with Gasteiger partial charge in [0, 0.05) is 33.9 Å². The van der Waals surface area contributed by atoms with Crippen molar-refractivity contribution in [1.29, 1.82) is 0 Å². The molecule has 3 rings (SSSR count). The minimum absolute atomic E-state index is 0.198. The highest BCUT2D eigenvalue weighted by Gasteiger charge is 2.27. The summed E-state index contributed by atoms with van der Waals surface area (Å²) in [5.41, 5.74) is 6.85. The van der Waals surface area contributed by atoms with Gasteiger partial charge in [0.1, 0.15) is 0 Å². The maximum Gasteiger partial charge on any atom is 0.195 e. The lowest BCUT2D eigenvalue weighted by molar-refractivity contribution is 0.103.